The molecule has 1 N–H and O–H groups in total. The van der Waals surface area contributed by atoms with Gasteiger partial charge in [0.15, 0.2) is 5.84 Å². The number of hydrogen-bond donors (Lipinski definition) is 1. The minimum Gasteiger partial charge on any atom is -0.457 e. The normalized spacial score (nSPS) is 20.4. The lowest BCUT2D eigenvalue weighted by molar-refractivity contribution is -0.384. The van der Waals surface area contributed by atoms with Crippen molar-refractivity contribution < 1.29 is 14.1 Å². The van der Waals surface area contributed by atoms with Gasteiger partial charge in [-0.3, -0.25) is 20.3 Å². The van der Waals surface area contributed by atoms with Crippen molar-refractivity contribution in [3.05, 3.63) is 57.8 Å². The number of nitro benzene ring substituents is 1. The molecule has 10 heteroatoms. The Morgan fingerprint density at radius 1 is 1.22 bits per heavy atom. The molecule has 3 aliphatic rings. The van der Waals surface area contributed by atoms with Gasteiger partial charge in [-0.1, -0.05) is 31.4 Å². The van der Waals surface area contributed by atoms with Crippen molar-refractivity contribution in [2.75, 3.05) is 0 Å². The summed E-state index contributed by atoms with van der Waals surface area (Å²) in [6.45, 7) is 0. The predicted molar refractivity (Wildman–Crippen MR) is 122 cm³/mol. The Hall–Kier alpha value is -3.53. The number of nitrogens with zero attached hydrogens (tertiary/aromatic N) is 4. The van der Waals surface area contributed by atoms with Crippen LogP contribution in [0.2, 0.25) is 0 Å². The van der Waals surface area contributed by atoms with Gasteiger partial charge in [0.2, 0.25) is 5.17 Å². The molecule has 0 atom stereocenters. The standard InChI is InChI=1S/C22H19N5O4S/c23-19-17(12-16-9-10-18(31-16)14-7-4-8-15(11-14)27(29)30)20(28)24-22-26(19)25-21(32-22)13-5-2-1-3-6-13/h4,7-13,23H,1-3,5-6H2/b17-12-,23-19?. The van der Waals surface area contributed by atoms with E-state index in [0.29, 0.717) is 28.2 Å². The highest BCUT2D eigenvalue weighted by atomic mass is 32.2. The molecule has 0 unspecified atom stereocenters. The third-order valence-corrected chi connectivity index (χ3v) is 6.75. The van der Waals surface area contributed by atoms with Crippen LogP contribution in [0.15, 0.2) is 56.5 Å². The highest BCUT2D eigenvalue weighted by Gasteiger charge is 2.38. The van der Waals surface area contributed by atoms with Gasteiger partial charge >= 0.3 is 0 Å². The van der Waals surface area contributed by atoms with Gasteiger partial charge in [0, 0.05) is 23.6 Å². The van der Waals surface area contributed by atoms with Gasteiger partial charge in [-0.25, -0.2) is 0 Å². The molecule has 3 heterocycles. The molecule has 162 valence electrons. The number of non-ortho nitro benzene ring substituents is 1. The molecule has 1 aliphatic carbocycles. The number of thioether (sulfide) groups is 1. The summed E-state index contributed by atoms with van der Waals surface area (Å²) in [5.74, 6) is 0.587. The van der Waals surface area contributed by atoms with Gasteiger partial charge in [-0.2, -0.15) is 15.1 Å². The Labute approximate surface area is 187 Å². The van der Waals surface area contributed by atoms with Crippen LogP contribution in [0.25, 0.3) is 17.4 Å². The lowest BCUT2D eigenvalue weighted by atomic mass is 9.90. The smallest absolute Gasteiger partial charge is 0.283 e. The molecule has 9 nitrogen and oxygen atoms in total. The molecule has 2 aromatic rings. The van der Waals surface area contributed by atoms with Crippen molar-refractivity contribution in [3.63, 3.8) is 0 Å². The number of amides is 1. The molecule has 0 bridgehead atoms. The van der Waals surface area contributed by atoms with E-state index in [1.165, 1.54) is 54.2 Å². The average molecular weight is 449 g/mol. The number of aliphatic imine (C=N–C) groups is 1. The minimum absolute atomic E-state index is 0.0355. The fourth-order valence-corrected chi connectivity index (χ4v) is 5.08. The monoisotopic (exact) mass is 449 g/mol. The minimum atomic E-state index is -0.512. The number of nitrogens with one attached hydrogen (secondary N) is 1. The summed E-state index contributed by atoms with van der Waals surface area (Å²) in [5, 5.41) is 26.9. The Bertz CT molecular complexity index is 1220. The summed E-state index contributed by atoms with van der Waals surface area (Å²) in [6, 6.07) is 9.43. The SMILES string of the molecule is N=C1/C(=C/c2ccc(-c3cccc([N+](=O)[O-])c3)o2)C(=O)N=C2SC(C3CCCCC3)=NN12. The quantitative estimate of drug-likeness (QED) is 0.395. The van der Waals surface area contributed by atoms with Crippen molar-refractivity contribution in [2.24, 2.45) is 16.0 Å². The number of fused-ring (bicyclic) bond motifs is 1. The van der Waals surface area contributed by atoms with Crippen LogP contribution < -0.4 is 0 Å². The van der Waals surface area contributed by atoms with E-state index in [0.717, 1.165) is 17.9 Å². The fourth-order valence-electron chi connectivity index (χ4n) is 4.02. The molecular formula is C22H19N5O4S. The summed E-state index contributed by atoms with van der Waals surface area (Å²) >= 11 is 1.38. The molecule has 0 radical (unpaired) electrons. The van der Waals surface area contributed by atoms with Crippen LogP contribution in [0.1, 0.15) is 37.9 Å². The second kappa shape index (κ2) is 8.19. The second-order valence-corrected chi connectivity index (χ2v) is 8.79. The van der Waals surface area contributed by atoms with Crippen molar-refractivity contribution in [1.82, 2.24) is 5.01 Å². The predicted octanol–water partition coefficient (Wildman–Crippen LogP) is 5.05. The van der Waals surface area contributed by atoms with Gasteiger partial charge in [0.1, 0.15) is 16.6 Å². The number of rotatable bonds is 4. The van der Waals surface area contributed by atoms with Crippen molar-refractivity contribution >= 4 is 45.5 Å². The van der Waals surface area contributed by atoms with E-state index < -0.39 is 10.8 Å². The fraction of sp³-hybridized carbons (Fsp3) is 0.273. The molecule has 0 spiro atoms. The number of amidine groups is 2. The summed E-state index contributed by atoms with van der Waals surface area (Å²) in [4.78, 5) is 27.3. The van der Waals surface area contributed by atoms with Crippen LogP contribution in [0.5, 0.6) is 0 Å². The van der Waals surface area contributed by atoms with Crippen LogP contribution in [0.3, 0.4) is 0 Å². The van der Waals surface area contributed by atoms with Crippen LogP contribution in [0.4, 0.5) is 5.69 Å². The van der Waals surface area contributed by atoms with E-state index >= 15 is 0 Å². The number of hydrogen-bond acceptors (Lipinski definition) is 7. The first-order valence-electron chi connectivity index (χ1n) is 10.3. The molecule has 2 aliphatic heterocycles. The van der Waals surface area contributed by atoms with Crippen LogP contribution in [0, 0.1) is 21.4 Å². The largest absolute Gasteiger partial charge is 0.457 e. The van der Waals surface area contributed by atoms with Gasteiger partial charge in [0.05, 0.1) is 10.5 Å². The third-order valence-electron chi connectivity index (χ3n) is 5.68. The zero-order valence-corrected chi connectivity index (χ0v) is 17.8. The number of nitro groups is 1. The molecule has 1 saturated carbocycles. The molecule has 1 aromatic heterocycles. The summed E-state index contributed by atoms with van der Waals surface area (Å²) in [5.41, 5.74) is 0.595. The van der Waals surface area contributed by atoms with E-state index in [2.05, 4.69) is 10.1 Å². The van der Waals surface area contributed by atoms with E-state index in [9.17, 15) is 14.9 Å². The van der Waals surface area contributed by atoms with E-state index in [4.69, 9.17) is 9.83 Å². The molecule has 1 amide bonds. The maximum atomic E-state index is 12.6. The highest BCUT2D eigenvalue weighted by Crippen LogP contribution is 2.36. The number of hydrazone groups is 1. The zero-order chi connectivity index (χ0) is 22.2. The van der Waals surface area contributed by atoms with Crippen molar-refractivity contribution in [2.45, 2.75) is 32.1 Å². The maximum absolute atomic E-state index is 12.6. The topological polar surface area (TPSA) is 125 Å². The van der Waals surface area contributed by atoms with Crippen LogP contribution >= 0.6 is 11.8 Å². The first-order chi connectivity index (χ1) is 15.5. The summed E-state index contributed by atoms with van der Waals surface area (Å²) in [7, 11) is 0. The Balaban J connectivity index is 1.40. The highest BCUT2D eigenvalue weighted by molar-refractivity contribution is 8.27. The van der Waals surface area contributed by atoms with Gasteiger partial charge < -0.3 is 4.42 Å². The average Bonchev–Trinajstić information content (AvgIpc) is 3.45. The first-order valence-corrected chi connectivity index (χ1v) is 11.2. The maximum Gasteiger partial charge on any atom is 0.283 e. The van der Waals surface area contributed by atoms with E-state index in [1.54, 1.807) is 24.3 Å². The molecular weight excluding hydrogens is 430 g/mol. The van der Waals surface area contributed by atoms with Gasteiger partial charge in [0.25, 0.3) is 11.6 Å². The Kier molecular flexibility index (Phi) is 5.22. The number of carbonyl (C=O) groups excluding carboxylic acids is 1. The Morgan fingerprint density at radius 2 is 2.03 bits per heavy atom. The van der Waals surface area contributed by atoms with Crippen molar-refractivity contribution in [1.29, 1.82) is 5.41 Å². The molecule has 1 aromatic carbocycles. The number of furan rings is 1. The number of benzene rings is 1. The van der Waals surface area contributed by atoms with E-state index in [1.807, 2.05) is 0 Å². The lowest BCUT2D eigenvalue weighted by Gasteiger charge is -2.20. The molecule has 0 saturated heterocycles. The molecule has 5 rings (SSSR count). The first kappa shape index (κ1) is 20.4. The Morgan fingerprint density at radius 3 is 2.81 bits per heavy atom. The number of carbonyl (C=O) groups is 1. The molecule has 1 fully saturated rings. The van der Waals surface area contributed by atoms with Crippen molar-refractivity contribution in [3.8, 4) is 11.3 Å². The van der Waals surface area contributed by atoms with E-state index in [-0.39, 0.29) is 17.1 Å². The van der Waals surface area contributed by atoms with Gasteiger partial charge in [-0.15, -0.1) is 0 Å². The lowest BCUT2D eigenvalue weighted by Crippen LogP contribution is -2.35. The van der Waals surface area contributed by atoms with Gasteiger partial charge in [-0.05, 0) is 42.8 Å². The van der Waals surface area contributed by atoms with Crippen LogP contribution in [-0.2, 0) is 4.79 Å². The summed E-state index contributed by atoms with van der Waals surface area (Å²) < 4.78 is 5.78. The zero-order valence-electron chi connectivity index (χ0n) is 17.0. The second-order valence-electron chi connectivity index (χ2n) is 7.80. The van der Waals surface area contributed by atoms with Crippen LogP contribution in [-0.4, -0.2) is 31.9 Å². The summed E-state index contributed by atoms with van der Waals surface area (Å²) in [6.07, 6.45) is 7.19. The third kappa shape index (κ3) is 3.77. The molecule has 32 heavy (non-hydrogen) atoms.